The van der Waals surface area contributed by atoms with E-state index >= 15 is 0 Å². The van der Waals surface area contributed by atoms with Crippen molar-refractivity contribution in [3.63, 3.8) is 0 Å². The van der Waals surface area contributed by atoms with Crippen LogP contribution in [0.2, 0.25) is 0 Å². The fourth-order valence-corrected chi connectivity index (χ4v) is 3.31. The highest BCUT2D eigenvalue weighted by atomic mass is 16.5. The molecule has 1 aliphatic heterocycles. The van der Waals surface area contributed by atoms with Crippen LogP contribution in [0.1, 0.15) is 30.7 Å². The maximum atomic E-state index is 12.5. The average Bonchev–Trinajstić information content (AvgIpc) is 3.35. The molecule has 0 bridgehead atoms. The molecule has 0 aromatic heterocycles. The second-order valence-corrected chi connectivity index (χ2v) is 6.22. The molecule has 2 amide bonds. The van der Waals surface area contributed by atoms with Gasteiger partial charge in [-0.3, -0.25) is 9.59 Å². The SMILES string of the molecule is COc1ccc(C2CC2C(=O)N2CCC(C(N)=O)CC2)cc1. The second-order valence-electron chi connectivity index (χ2n) is 6.22. The molecule has 5 heteroatoms. The number of nitrogens with two attached hydrogens (primary N) is 1. The van der Waals surface area contributed by atoms with Gasteiger partial charge in [0.1, 0.15) is 5.75 Å². The first-order valence-corrected chi connectivity index (χ1v) is 7.82. The van der Waals surface area contributed by atoms with Gasteiger partial charge in [-0.05, 0) is 42.9 Å². The van der Waals surface area contributed by atoms with E-state index in [9.17, 15) is 9.59 Å². The van der Waals surface area contributed by atoms with E-state index in [2.05, 4.69) is 0 Å². The van der Waals surface area contributed by atoms with E-state index in [-0.39, 0.29) is 23.7 Å². The molecule has 1 aliphatic carbocycles. The van der Waals surface area contributed by atoms with Crippen molar-refractivity contribution in [2.75, 3.05) is 20.2 Å². The van der Waals surface area contributed by atoms with Crippen molar-refractivity contribution in [1.29, 1.82) is 0 Å². The van der Waals surface area contributed by atoms with Gasteiger partial charge >= 0.3 is 0 Å². The summed E-state index contributed by atoms with van der Waals surface area (Å²) in [6, 6.07) is 7.95. The number of primary amides is 1. The number of methoxy groups -OCH3 is 1. The van der Waals surface area contributed by atoms with Crippen LogP contribution in [0.25, 0.3) is 0 Å². The van der Waals surface area contributed by atoms with Crippen LogP contribution in [0, 0.1) is 11.8 Å². The van der Waals surface area contributed by atoms with Gasteiger partial charge in [0.15, 0.2) is 0 Å². The van der Waals surface area contributed by atoms with Crippen molar-refractivity contribution in [1.82, 2.24) is 4.90 Å². The van der Waals surface area contributed by atoms with Gasteiger partial charge in [0.2, 0.25) is 11.8 Å². The van der Waals surface area contributed by atoms with E-state index in [1.165, 1.54) is 5.56 Å². The minimum Gasteiger partial charge on any atom is -0.497 e. The lowest BCUT2D eigenvalue weighted by atomic mass is 9.96. The van der Waals surface area contributed by atoms with E-state index < -0.39 is 0 Å². The van der Waals surface area contributed by atoms with E-state index in [1.807, 2.05) is 29.2 Å². The Hall–Kier alpha value is -2.04. The first kappa shape index (κ1) is 14.9. The summed E-state index contributed by atoms with van der Waals surface area (Å²) in [4.78, 5) is 25.6. The lowest BCUT2D eigenvalue weighted by Gasteiger charge is -2.30. The lowest BCUT2D eigenvalue weighted by molar-refractivity contribution is -0.136. The molecule has 2 fully saturated rings. The van der Waals surface area contributed by atoms with Gasteiger partial charge in [0.25, 0.3) is 0 Å². The molecule has 0 spiro atoms. The molecule has 1 heterocycles. The molecule has 1 aromatic carbocycles. The van der Waals surface area contributed by atoms with Crippen LogP contribution >= 0.6 is 0 Å². The van der Waals surface area contributed by atoms with E-state index in [0.29, 0.717) is 31.8 Å². The molecule has 22 heavy (non-hydrogen) atoms. The maximum Gasteiger partial charge on any atom is 0.226 e. The number of rotatable bonds is 4. The van der Waals surface area contributed by atoms with Crippen molar-refractivity contribution in [3.05, 3.63) is 29.8 Å². The molecule has 1 saturated heterocycles. The Bertz CT molecular complexity index is 562. The molecule has 1 aromatic rings. The lowest BCUT2D eigenvalue weighted by Crippen LogP contribution is -2.42. The fourth-order valence-electron chi connectivity index (χ4n) is 3.31. The number of carbonyl (C=O) groups is 2. The highest BCUT2D eigenvalue weighted by Gasteiger charge is 2.46. The Kier molecular flexibility index (Phi) is 4.05. The number of carbonyl (C=O) groups excluding carboxylic acids is 2. The predicted octanol–water partition coefficient (Wildman–Crippen LogP) is 1.52. The number of hydrogen-bond acceptors (Lipinski definition) is 3. The summed E-state index contributed by atoms with van der Waals surface area (Å²) in [6.45, 7) is 1.30. The quantitative estimate of drug-likeness (QED) is 0.916. The number of benzene rings is 1. The second kappa shape index (κ2) is 5.99. The molecule has 1 saturated carbocycles. The number of nitrogens with zero attached hydrogens (tertiary/aromatic N) is 1. The summed E-state index contributed by atoms with van der Waals surface area (Å²) < 4.78 is 5.16. The van der Waals surface area contributed by atoms with E-state index in [0.717, 1.165) is 12.2 Å². The summed E-state index contributed by atoms with van der Waals surface area (Å²) in [5, 5.41) is 0. The first-order valence-electron chi connectivity index (χ1n) is 7.82. The van der Waals surface area contributed by atoms with Crippen LogP contribution in [0.4, 0.5) is 0 Å². The van der Waals surface area contributed by atoms with Gasteiger partial charge in [-0.15, -0.1) is 0 Å². The van der Waals surface area contributed by atoms with Crippen molar-refractivity contribution in [2.45, 2.75) is 25.2 Å². The van der Waals surface area contributed by atoms with Gasteiger partial charge in [-0.2, -0.15) is 0 Å². The van der Waals surface area contributed by atoms with Crippen LogP contribution in [0.5, 0.6) is 5.75 Å². The highest BCUT2D eigenvalue weighted by molar-refractivity contribution is 5.83. The zero-order valence-electron chi connectivity index (χ0n) is 12.8. The Morgan fingerprint density at radius 3 is 2.36 bits per heavy atom. The molecule has 2 atom stereocenters. The summed E-state index contributed by atoms with van der Waals surface area (Å²) >= 11 is 0. The Morgan fingerprint density at radius 1 is 1.18 bits per heavy atom. The van der Waals surface area contributed by atoms with Crippen LogP contribution in [0.15, 0.2) is 24.3 Å². The first-order chi connectivity index (χ1) is 10.6. The Morgan fingerprint density at radius 2 is 1.82 bits per heavy atom. The number of amides is 2. The molecule has 2 unspecified atom stereocenters. The van der Waals surface area contributed by atoms with Crippen molar-refractivity contribution >= 4 is 11.8 Å². The highest BCUT2D eigenvalue weighted by Crippen LogP contribution is 2.49. The minimum absolute atomic E-state index is 0.0689. The molecular weight excluding hydrogens is 280 g/mol. The third-order valence-corrected chi connectivity index (χ3v) is 4.86. The molecule has 118 valence electrons. The van der Waals surface area contributed by atoms with Crippen LogP contribution in [0.3, 0.4) is 0 Å². The Balaban J connectivity index is 1.55. The maximum absolute atomic E-state index is 12.5. The van der Waals surface area contributed by atoms with Gasteiger partial charge in [-0.25, -0.2) is 0 Å². The summed E-state index contributed by atoms with van der Waals surface area (Å²) in [5.41, 5.74) is 6.53. The molecule has 3 rings (SSSR count). The van der Waals surface area contributed by atoms with Crippen molar-refractivity contribution in [3.8, 4) is 5.75 Å². The van der Waals surface area contributed by atoms with E-state index in [1.54, 1.807) is 7.11 Å². The molecule has 5 nitrogen and oxygen atoms in total. The normalized spacial score (nSPS) is 24.9. The number of piperidine rings is 1. The van der Waals surface area contributed by atoms with Crippen LogP contribution in [-0.2, 0) is 9.59 Å². The summed E-state index contributed by atoms with van der Waals surface area (Å²) in [6.07, 6.45) is 2.31. The molecule has 2 aliphatic rings. The topological polar surface area (TPSA) is 72.6 Å². The number of ether oxygens (including phenoxy) is 1. The predicted molar refractivity (Wildman–Crippen MR) is 82.3 cm³/mol. The van der Waals surface area contributed by atoms with Crippen molar-refractivity contribution in [2.24, 2.45) is 17.6 Å². The van der Waals surface area contributed by atoms with Gasteiger partial charge in [0.05, 0.1) is 7.11 Å². The number of hydrogen-bond donors (Lipinski definition) is 1. The monoisotopic (exact) mass is 302 g/mol. The Labute approximate surface area is 130 Å². The summed E-state index contributed by atoms with van der Waals surface area (Å²) in [5.74, 6) is 1.17. The number of likely N-dealkylation sites (tertiary alicyclic amines) is 1. The third kappa shape index (κ3) is 2.93. The zero-order chi connectivity index (χ0) is 15.7. The van der Waals surface area contributed by atoms with Gasteiger partial charge < -0.3 is 15.4 Å². The largest absolute Gasteiger partial charge is 0.497 e. The molecular formula is C17H22N2O3. The average molecular weight is 302 g/mol. The fraction of sp³-hybridized carbons (Fsp3) is 0.529. The standard InChI is InChI=1S/C17H22N2O3/c1-22-13-4-2-11(3-5-13)14-10-15(14)17(21)19-8-6-12(7-9-19)16(18)20/h2-5,12,14-15H,6-10H2,1H3,(H2,18,20). The smallest absolute Gasteiger partial charge is 0.226 e. The summed E-state index contributed by atoms with van der Waals surface area (Å²) in [7, 11) is 1.65. The third-order valence-electron chi connectivity index (χ3n) is 4.86. The van der Waals surface area contributed by atoms with Crippen LogP contribution < -0.4 is 10.5 Å². The van der Waals surface area contributed by atoms with Crippen molar-refractivity contribution < 1.29 is 14.3 Å². The van der Waals surface area contributed by atoms with Gasteiger partial charge in [-0.1, -0.05) is 12.1 Å². The molecule has 0 radical (unpaired) electrons. The zero-order valence-corrected chi connectivity index (χ0v) is 12.8. The van der Waals surface area contributed by atoms with Gasteiger partial charge in [0, 0.05) is 24.9 Å². The minimum atomic E-state index is -0.241. The molecule has 2 N–H and O–H groups in total. The van der Waals surface area contributed by atoms with E-state index in [4.69, 9.17) is 10.5 Å². The van der Waals surface area contributed by atoms with Crippen LogP contribution in [-0.4, -0.2) is 36.9 Å².